The van der Waals surface area contributed by atoms with Gasteiger partial charge < -0.3 is 10.2 Å². The van der Waals surface area contributed by atoms with E-state index in [0.717, 1.165) is 47.9 Å². The third-order valence-corrected chi connectivity index (χ3v) is 8.42. The SMILES string of the molecule is CCCCCCCCCCC1(O)c2ccccc2C(O)(CCCCCCCCCC)c2ccccc21. The van der Waals surface area contributed by atoms with Crippen LogP contribution in [-0.2, 0) is 11.2 Å². The van der Waals surface area contributed by atoms with Crippen LogP contribution < -0.4 is 0 Å². The van der Waals surface area contributed by atoms with Gasteiger partial charge >= 0.3 is 0 Å². The van der Waals surface area contributed by atoms with E-state index >= 15 is 0 Å². The Morgan fingerprint density at radius 1 is 0.417 bits per heavy atom. The molecule has 2 nitrogen and oxygen atoms in total. The number of aliphatic hydroxyl groups is 2. The number of hydrogen-bond acceptors (Lipinski definition) is 2. The van der Waals surface area contributed by atoms with Crippen LogP contribution in [0.5, 0.6) is 0 Å². The van der Waals surface area contributed by atoms with Gasteiger partial charge in [-0.2, -0.15) is 0 Å². The van der Waals surface area contributed by atoms with E-state index in [1.54, 1.807) is 0 Å². The van der Waals surface area contributed by atoms with Crippen molar-refractivity contribution >= 4 is 0 Å². The summed E-state index contributed by atoms with van der Waals surface area (Å²) in [6.07, 6.45) is 21.4. The van der Waals surface area contributed by atoms with Gasteiger partial charge in [0, 0.05) is 0 Å². The first-order chi connectivity index (χ1) is 17.6. The van der Waals surface area contributed by atoms with Crippen LogP contribution in [0.4, 0.5) is 0 Å². The van der Waals surface area contributed by atoms with Crippen molar-refractivity contribution in [1.29, 1.82) is 0 Å². The molecule has 0 atom stereocenters. The normalized spacial score (nSPS) is 20.8. The zero-order valence-electron chi connectivity index (χ0n) is 23.2. The lowest BCUT2D eigenvalue weighted by molar-refractivity contribution is 0.0182. The highest BCUT2D eigenvalue weighted by Gasteiger charge is 2.48. The van der Waals surface area contributed by atoms with Crippen molar-refractivity contribution in [3.05, 3.63) is 70.8 Å². The Balaban J connectivity index is 1.68. The van der Waals surface area contributed by atoms with Crippen LogP contribution in [0.2, 0.25) is 0 Å². The molecule has 0 heterocycles. The van der Waals surface area contributed by atoms with Gasteiger partial charge in [-0.25, -0.2) is 0 Å². The maximum atomic E-state index is 12.2. The van der Waals surface area contributed by atoms with Crippen molar-refractivity contribution in [1.82, 2.24) is 0 Å². The highest BCUT2D eigenvalue weighted by molar-refractivity contribution is 5.56. The molecule has 0 spiro atoms. The third kappa shape index (κ3) is 7.23. The molecule has 1 aliphatic carbocycles. The lowest BCUT2D eigenvalue weighted by atomic mass is 9.65. The molecule has 2 N–H and O–H groups in total. The fourth-order valence-corrected chi connectivity index (χ4v) is 6.27. The second-order valence-corrected chi connectivity index (χ2v) is 11.3. The molecule has 0 aliphatic heterocycles. The monoisotopic (exact) mass is 492 g/mol. The summed E-state index contributed by atoms with van der Waals surface area (Å²) in [4.78, 5) is 0. The number of rotatable bonds is 18. The van der Waals surface area contributed by atoms with Crippen LogP contribution in [0, 0.1) is 0 Å². The molecule has 2 aromatic carbocycles. The third-order valence-electron chi connectivity index (χ3n) is 8.42. The number of unbranched alkanes of at least 4 members (excludes halogenated alkanes) is 14. The zero-order chi connectivity index (χ0) is 25.7. The molecule has 0 saturated heterocycles. The largest absolute Gasteiger partial charge is 0.380 e. The van der Waals surface area contributed by atoms with Gasteiger partial charge in [0.05, 0.1) is 0 Å². The minimum atomic E-state index is -1.03. The highest BCUT2D eigenvalue weighted by Crippen LogP contribution is 2.51. The number of benzene rings is 2. The Kier molecular flexibility index (Phi) is 12.0. The Bertz CT molecular complexity index is 767. The van der Waals surface area contributed by atoms with E-state index in [4.69, 9.17) is 0 Å². The van der Waals surface area contributed by atoms with Crippen molar-refractivity contribution in [2.75, 3.05) is 0 Å². The molecular weight excluding hydrogens is 440 g/mol. The number of hydrogen-bond donors (Lipinski definition) is 2. The summed E-state index contributed by atoms with van der Waals surface area (Å²) in [7, 11) is 0. The van der Waals surface area contributed by atoms with Crippen molar-refractivity contribution in [2.24, 2.45) is 0 Å². The van der Waals surface area contributed by atoms with Crippen LogP contribution in [-0.4, -0.2) is 10.2 Å². The molecule has 0 aromatic heterocycles. The van der Waals surface area contributed by atoms with Gasteiger partial charge in [-0.1, -0.05) is 152 Å². The standard InChI is InChI=1S/C34H52O2/c1-3-5-7-9-11-13-15-21-27-33(35)29-23-17-19-25-31(29)34(36,32-26-20-18-24-30(32)33)28-22-16-14-12-10-8-6-4-2/h17-20,23-26,35-36H,3-16,21-22,27-28H2,1-2H3. The van der Waals surface area contributed by atoms with E-state index in [1.165, 1.54) is 77.0 Å². The van der Waals surface area contributed by atoms with E-state index in [1.807, 2.05) is 24.3 Å². The lowest BCUT2D eigenvalue weighted by Crippen LogP contribution is -2.43. The van der Waals surface area contributed by atoms with Crippen LogP contribution in [0.25, 0.3) is 0 Å². The van der Waals surface area contributed by atoms with E-state index < -0.39 is 11.2 Å². The molecule has 0 bridgehead atoms. The molecule has 0 saturated carbocycles. The molecule has 1 aliphatic rings. The van der Waals surface area contributed by atoms with Crippen molar-refractivity contribution in [3.8, 4) is 0 Å². The van der Waals surface area contributed by atoms with Gasteiger partial charge in [-0.3, -0.25) is 0 Å². The quantitative estimate of drug-likeness (QED) is 0.203. The van der Waals surface area contributed by atoms with Crippen LogP contribution >= 0.6 is 0 Å². The van der Waals surface area contributed by atoms with Crippen molar-refractivity contribution in [2.45, 2.75) is 141 Å². The Morgan fingerprint density at radius 2 is 0.667 bits per heavy atom. The van der Waals surface area contributed by atoms with E-state index in [9.17, 15) is 10.2 Å². The van der Waals surface area contributed by atoms with Crippen LogP contribution in [0.15, 0.2) is 48.5 Å². The van der Waals surface area contributed by atoms with Gasteiger partial charge in [-0.15, -0.1) is 0 Å². The average molecular weight is 493 g/mol. The highest BCUT2D eigenvalue weighted by atomic mass is 16.3. The molecule has 0 amide bonds. The first-order valence-electron chi connectivity index (χ1n) is 15.2. The smallest absolute Gasteiger partial charge is 0.115 e. The summed E-state index contributed by atoms with van der Waals surface area (Å²) in [5.41, 5.74) is 1.59. The molecule has 0 unspecified atom stereocenters. The predicted molar refractivity (Wildman–Crippen MR) is 153 cm³/mol. The lowest BCUT2D eigenvalue weighted by Gasteiger charge is -2.45. The molecule has 200 valence electrons. The Labute approximate surface area is 221 Å². The topological polar surface area (TPSA) is 40.5 Å². The Morgan fingerprint density at radius 3 is 0.944 bits per heavy atom. The molecule has 3 rings (SSSR count). The van der Waals surface area contributed by atoms with Crippen LogP contribution in [0.1, 0.15) is 152 Å². The van der Waals surface area contributed by atoms with Gasteiger partial charge in [0.15, 0.2) is 0 Å². The first kappa shape index (κ1) is 28.9. The second-order valence-electron chi connectivity index (χ2n) is 11.3. The molecule has 0 fully saturated rings. The van der Waals surface area contributed by atoms with Gasteiger partial charge in [0.1, 0.15) is 11.2 Å². The van der Waals surface area contributed by atoms with E-state index in [0.29, 0.717) is 12.8 Å². The second kappa shape index (κ2) is 14.9. The van der Waals surface area contributed by atoms with Crippen molar-refractivity contribution < 1.29 is 10.2 Å². The molecule has 2 heteroatoms. The summed E-state index contributed by atoms with van der Waals surface area (Å²) >= 11 is 0. The van der Waals surface area contributed by atoms with Gasteiger partial charge in [0.25, 0.3) is 0 Å². The van der Waals surface area contributed by atoms with E-state index in [2.05, 4.69) is 38.1 Å². The molecule has 2 aromatic rings. The summed E-state index contributed by atoms with van der Waals surface area (Å²) in [5.74, 6) is 0. The minimum absolute atomic E-state index is 0.712. The number of fused-ring (bicyclic) bond motifs is 2. The summed E-state index contributed by atoms with van der Waals surface area (Å²) in [6.45, 7) is 4.52. The molecular formula is C34H52O2. The summed E-state index contributed by atoms with van der Waals surface area (Å²) in [5, 5.41) is 24.4. The Hall–Kier alpha value is -1.64. The first-order valence-corrected chi connectivity index (χ1v) is 15.2. The van der Waals surface area contributed by atoms with E-state index in [-0.39, 0.29) is 0 Å². The summed E-state index contributed by atoms with van der Waals surface area (Å²) in [6, 6.07) is 16.3. The zero-order valence-corrected chi connectivity index (χ0v) is 23.2. The molecule has 0 radical (unpaired) electrons. The fourth-order valence-electron chi connectivity index (χ4n) is 6.27. The molecule has 36 heavy (non-hydrogen) atoms. The maximum Gasteiger partial charge on any atom is 0.115 e. The van der Waals surface area contributed by atoms with Gasteiger partial charge in [0.2, 0.25) is 0 Å². The van der Waals surface area contributed by atoms with Crippen LogP contribution in [0.3, 0.4) is 0 Å². The average Bonchev–Trinajstić information content (AvgIpc) is 2.91. The fraction of sp³-hybridized carbons (Fsp3) is 0.647. The maximum absolute atomic E-state index is 12.2. The minimum Gasteiger partial charge on any atom is -0.380 e. The summed E-state index contributed by atoms with van der Waals surface area (Å²) < 4.78 is 0. The predicted octanol–water partition coefficient (Wildman–Crippen LogP) is 9.53. The van der Waals surface area contributed by atoms with Gasteiger partial charge in [-0.05, 0) is 47.9 Å². The van der Waals surface area contributed by atoms with Crippen molar-refractivity contribution in [3.63, 3.8) is 0 Å².